The number of hydrogen-bond acceptors (Lipinski definition) is 4. The molecule has 1 N–H and O–H groups in total. The Kier molecular flexibility index (Phi) is 4.06. The lowest BCUT2D eigenvalue weighted by Crippen LogP contribution is -2.36. The van der Waals surface area contributed by atoms with Gasteiger partial charge >= 0.3 is 5.97 Å². The molecule has 0 amide bonds. The molecule has 1 aromatic carbocycles. The first-order chi connectivity index (χ1) is 10.7. The molecule has 0 saturated heterocycles. The van der Waals surface area contributed by atoms with Crippen molar-refractivity contribution in [2.24, 2.45) is 11.8 Å². The number of hydrogen-bond donors (Lipinski definition) is 1. The fourth-order valence-electron chi connectivity index (χ4n) is 2.99. The van der Waals surface area contributed by atoms with Crippen LogP contribution in [0, 0.1) is 11.8 Å². The second-order valence-electron chi connectivity index (χ2n) is 5.37. The van der Waals surface area contributed by atoms with Gasteiger partial charge in [0, 0.05) is 5.92 Å². The Bertz CT molecular complexity index is 632. The second-order valence-corrected chi connectivity index (χ2v) is 5.37. The molecule has 114 valence electrons. The molecule has 0 fully saturated rings. The van der Waals surface area contributed by atoms with E-state index >= 15 is 0 Å². The van der Waals surface area contributed by atoms with Gasteiger partial charge in [-0.05, 0) is 17.6 Å². The number of carboxylic acid groups (broad SMARTS) is 1. The smallest absolute Gasteiger partial charge is 0.335 e. The third-order valence-electron chi connectivity index (χ3n) is 4.09. The summed E-state index contributed by atoms with van der Waals surface area (Å²) in [4.78, 5) is 22.5. The topological polar surface area (TPSA) is 72.8 Å². The summed E-state index contributed by atoms with van der Waals surface area (Å²) in [5.74, 6) is -1.65. The molecule has 3 unspecified atom stereocenters. The molecule has 0 spiro atoms. The predicted molar refractivity (Wildman–Crippen MR) is 77.6 cm³/mol. The minimum absolute atomic E-state index is 0.192. The molecule has 3 rings (SSSR count). The van der Waals surface area contributed by atoms with Crippen molar-refractivity contribution in [1.82, 2.24) is 0 Å². The Morgan fingerprint density at radius 1 is 1.36 bits per heavy atom. The van der Waals surface area contributed by atoms with Gasteiger partial charge in [0.05, 0.1) is 24.4 Å². The molecule has 0 saturated carbocycles. The molecular formula is C17H16O5. The van der Waals surface area contributed by atoms with Gasteiger partial charge in [-0.2, -0.15) is 0 Å². The van der Waals surface area contributed by atoms with Crippen molar-refractivity contribution in [3.8, 4) is 0 Å². The van der Waals surface area contributed by atoms with Crippen LogP contribution in [-0.2, 0) is 25.7 Å². The summed E-state index contributed by atoms with van der Waals surface area (Å²) in [7, 11) is 0. The van der Waals surface area contributed by atoms with Crippen LogP contribution in [0.15, 0.2) is 53.8 Å². The minimum atomic E-state index is -1.02. The lowest BCUT2D eigenvalue weighted by atomic mass is 9.84. The van der Waals surface area contributed by atoms with E-state index in [0.29, 0.717) is 18.6 Å². The van der Waals surface area contributed by atoms with E-state index < -0.39 is 12.3 Å². The number of carbonyl (C=O) groups excluding carboxylic acids is 1. The highest BCUT2D eigenvalue weighted by Crippen LogP contribution is 2.42. The molecule has 0 radical (unpaired) electrons. The molecule has 22 heavy (non-hydrogen) atoms. The SMILES string of the molecule is O=CC1=CCC2C(C(=O)O)=COC(OCc3ccccc3)C12. The lowest BCUT2D eigenvalue weighted by Gasteiger charge is -2.33. The molecule has 2 aliphatic rings. The van der Waals surface area contributed by atoms with E-state index in [0.717, 1.165) is 11.8 Å². The van der Waals surface area contributed by atoms with Crippen LogP contribution in [0.4, 0.5) is 0 Å². The van der Waals surface area contributed by atoms with Gasteiger partial charge in [-0.15, -0.1) is 0 Å². The van der Waals surface area contributed by atoms with E-state index in [1.807, 2.05) is 30.3 Å². The molecule has 1 aliphatic carbocycles. The fourth-order valence-corrected chi connectivity index (χ4v) is 2.99. The maximum atomic E-state index is 11.3. The van der Waals surface area contributed by atoms with Gasteiger partial charge in [0.1, 0.15) is 6.29 Å². The Morgan fingerprint density at radius 2 is 2.14 bits per heavy atom. The van der Waals surface area contributed by atoms with Crippen molar-refractivity contribution in [2.45, 2.75) is 19.3 Å². The van der Waals surface area contributed by atoms with E-state index in [-0.39, 0.29) is 17.4 Å². The molecule has 1 aliphatic heterocycles. The normalized spacial score (nSPS) is 26.5. The van der Waals surface area contributed by atoms with Gasteiger partial charge in [-0.3, -0.25) is 4.79 Å². The summed E-state index contributed by atoms with van der Waals surface area (Å²) < 4.78 is 11.2. The standard InChI is InChI=1S/C17H16O5/c18-8-12-6-7-13-14(16(19)20)10-22-17(15(12)13)21-9-11-4-2-1-3-5-11/h1-6,8,10,13,15,17H,7,9H2,(H,19,20). The zero-order valence-corrected chi connectivity index (χ0v) is 11.8. The summed E-state index contributed by atoms with van der Waals surface area (Å²) in [6.45, 7) is 0.344. The lowest BCUT2D eigenvalue weighted by molar-refractivity contribution is -0.160. The first kappa shape index (κ1) is 14.5. The molecule has 0 aromatic heterocycles. The van der Waals surface area contributed by atoms with Crippen LogP contribution in [0.3, 0.4) is 0 Å². The summed E-state index contributed by atoms with van der Waals surface area (Å²) in [5, 5.41) is 9.24. The van der Waals surface area contributed by atoms with E-state index in [9.17, 15) is 14.7 Å². The van der Waals surface area contributed by atoms with Crippen molar-refractivity contribution < 1.29 is 24.2 Å². The largest absolute Gasteiger partial charge is 0.478 e. The molecule has 5 heteroatoms. The second kappa shape index (κ2) is 6.15. The van der Waals surface area contributed by atoms with Crippen LogP contribution in [-0.4, -0.2) is 23.7 Å². The maximum Gasteiger partial charge on any atom is 0.335 e. The summed E-state index contributed by atoms with van der Waals surface area (Å²) in [6.07, 6.45) is 3.66. The van der Waals surface area contributed by atoms with E-state index in [1.54, 1.807) is 6.08 Å². The number of rotatable bonds is 5. The highest BCUT2D eigenvalue weighted by molar-refractivity contribution is 5.88. The van der Waals surface area contributed by atoms with Gasteiger partial charge in [-0.1, -0.05) is 36.4 Å². The van der Waals surface area contributed by atoms with Crippen LogP contribution in [0.5, 0.6) is 0 Å². The number of carbonyl (C=O) groups is 2. The van der Waals surface area contributed by atoms with Gasteiger partial charge in [0.25, 0.3) is 0 Å². The zero-order valence-electron chi connectivity index (χ0n) is 11.8. The van der Waals surface area contributed by atoms with Crippen LogP contribution in [0.25, 0.3) is 0 Å². The van der Waals surface area contributed by atoms with Crippen molar-refractivity contribution in [3.05, 3.63) is 59.4 Å². The van der Waals surface area contributed by atoms with Crippen LogP contribution in [0.1, 0.15) is 12.0 Å². The quantitative estimate of drug-likeness (QED) is 0.845. The van der Waals surface area contributed by atoms with Gasteiger partial charge < -0.3 is 14.6 Å². The average Bonchev–Trinajstić information content (AvgIpc) is 2.97. The summed E-state index contributed by atoms with van der Waals surface area (Å²) in [6, 6.07) is 9.62. The summed E-state index contributed by atoms with van der Waals surface area (Å²) >= 11 is 0. The molecule has 1 aromatic rings. The number of ether oxygens (including phenoxy) is 2. The van der Waals surface area contributed by atoms with Gasteiger partial charge in [0.2, 0.25) is 6.29 Å². The monoisotopic (exact) mass is 300 g/mol. The van der Waals surface area contributed by atoms with Crippen molar-refractivity contribution >= 4 is 12.3 Å². The van der Waals surface area contributed by atoms with Crippen molar-refractivity contribution in [1.29, 1.82) is 0 Å². The first-order valence-electron chi connectivity index (χ1n) is 7.10. The van der Waals surface area contributed by atoms with Gasteiger partial charge in [0.15, 0.2) is 0 Å². The van der Waals surface area contributed by atoms with E-state index in [2.05, 4.69) is 0 Å². The number of benzene rings is 1. The van der Waals surface area contributed by atoms with Crippen LogP contribution >= 0.6 is 0 Å². The highest BCUT2D eigenvalue weighted by atomic mass is 16.7. The Labute approximate surface area is 127 Å². The van der Waals surface area contributed by atoms with E-state index in [1.165, 1.54) is 6.26 Å². The summed E-state index contributed by atoms with van der Waals surface area (Å²) in [5.41, 5.74) is 1.73. The zero-order chi connectivity index (χ0) is 15.5. The number of carboxylic acids is 1. The molecule has 0 bridgehead atoms. The van der Waals surface area contributed by atoms with Crippen molar-refractivity contribution in [3.63, 3.8) is 0 Å². The van der Waals surface area contributed by atoms with Crippen LogP contribution < -0.4 is 0 Å². The third-order valence-corrected chi connectivity index (χ3v) is 4.09. The third kappa shape index (κ3) is 2.67. The Balaban J connectivity index is 1.77. The number of aldehydes is 1. The predicted octanol–water partition coefficient (Wildman–Crippen LogP) is 2.29. The highest BCUT2D eigenvalue weighted by Gasteiger charge is 2.44. The fraction of sp³-hybridized carbons (Fsp3) is 0.294. The number of fused-ring (bicyclic) bond motifs is 1. The number of allylic oxidation sites excluding steroid dienone is 1. The average molecular weight is 300 g/mol. The number of aliphatic carboxylic acids is 1. The molecule has 5 nitrogen and oxygen atoms in total. The van der Waals surface area contributed by atoms with Gasteiger partial charge in [-0.25, -0.2) is 4.79 Å². The Hall–Kier alpha value is -2.40. The van der Waals surface area contributed by atoms with E-state index in [4.69, 9.17) is 9.47 Å². The van der Waals surface area contributed by atoms with Crippen LogP contribution in [0.2, 0.25) is 0 Å². The first-order valence-corrected chi connectivity index (χ1v) is 7.10. The maximum absolute atomic E-state index is 11.3. The minimum Gasteiger partial charge on any atom is -0.478 e. The molecule has 1 heterocycles. The molecular weight excluding hydrogens is 284 g/mol. The van der Waals surface area contributed by atoms with Crippen molar-refractivity contribution in [2.75, 3.05) is 0 Å². The molecule has 3 atom stereocenters. The Morgan fingerprint density at radius 3 is 2.82 bits per heavy atom.